The molecular formula is C15H19N5O3S. The van der Waals surface area contributed by atoms with Gasteiger partial charge in [0.25, 0.3) is 5.91 Å². The van der Waals surface area contributed by atoms with Gasteiger partial charge < -0.3 is 11.1 Å². The molecule has 0 bridgehead atoms. The topological polar surface area (TPSA) is 127 Å². The molecule has 1 heterocycles. The van der Waals surface area contributed by atoms with Gasteiger partial charge in [-0.3, -0.25) is 4.79 Å². The van der Waals surface area contributed by atoms with Gasteiger partial charge in [-0.15, -0.1) is 0 Å². The number of hydrogen-bond acceptors (Lipinski definition) is 6. The Morgan fingerprint density at radius 3 is 2.71 bits per heavy atom. The van der Waals surface area contributed by atoms with E-state index in [0.29, 0.717) is 12.2 Å². The standard InChI is InChI=1S/C15H19N5O3S/c1-2-3-7-19-24(22,23)12-6-4-5-11(10-12)20-15(21)13-14(16)18-9-8-17-13/h4-6,8-10,19H,2-3,7H2,1H3,(H2,16,18)(H,20,21). The summed E-state index contributed by atoms with van der Waals surface area (Å²) in [4.78, 5) is 19.9. The first-order valence-electron chi connectivity index (χ1n) is 7.41. The number of carbonyl (C=O) groups excluding carboxylic acids is 1. The van der Waals surface area contributed by atoms with Gasteiger partial charge in [0.2, 0.25) is 10.0 Å². The molecule has 24 heavy (non-hydrogen) atoms. The lowest BCUT2D eigenvalue weighted by Gasteiger charge is -2.09. The van der Waals surface area contributed by atoms with Crippen LogP contribution in [0.3, 0.4) is 0 Å². The minimum Gasteiger partial charge on any atom is -0.382 e. The number of amides is 1. The Hall–Kier alpha value is -2.52. The Morgan fingerprint density at radius 2 is 2.00 bits per heavy atom. The van der Waals surface area contributed by atoms with Gasteiger partial charge in [-0.05, 0) is 24.6 Å². The Bertz CT molecular complexity index is 823. The van der Waals surface area contributed by atoms with Crippen molar-refractivity contribution >= 4 is 27.4 Å². The van der Waals surface area contributed by atoms with Crippen LogP contribution in [-0.4, -0.2) is 30.8 Å². The quantitative estimate of drug-likeness (QED) is 0.648. The van der Waals surface area contributed by atoms with Gasteiger partial charge >= 0.3 is 0 Å². The number of carbonyl (C=O) groups is 1. The molecule has 4 N–H and O–H groups in total. The van der Waals surface area contributed by atoms with Gasteiger partial charge in [0.1, 0.15) is 0 Å². The van der Waals surface area contributed by atoms with Crippen LogP contribution >= 0.6 is 0 Å². The lowest BCUT2D eigenvalue weighted by molar-refractivity contribution is 0.102. The molecule has 2 aromatic rings. The first-order valence-corrected chi connectivity index (χ1v) is 8.90. The minimum atomic E-state index is -3.62. The molecule has 1 aromatic carbocycles. The summed E-state index contributed by atoms with van der Waals surface area (Å²) in [6, 6.07) is 5.96. The number of unbranched alkanes of at least 4 members (excludes halogenated alkanes) is 1. The zero-order chi connectivity index (χ0) is 17.6. The second kappa shape index (κ2) is 7.84. The maximum Gasteiger partial charge on any atom is 0.278 e. The fraction of sp³-hybridized carbons (Fsp3) is 0.267. The first kappa shape index (κ1) is 17.8. The second-order valence-corrected chi connectivity index (χ2v) is 6.79. The highest BCUT2D eigenvalue weighted by molar-refractivity contribution is 7.89. The molecule has 1 amide bonds. The fourth-order valence-electron chi connectivity index (χ4n) is 1.92. The van der Waals surface area contributed by atoms with Gasteiger partial charge in [0.05, 0.1) is 4.90 Å². The molecule has 2 rings (SSSR count). The summed E-state index contributed by atoms with van der Waals surface area (Å²) in [5.74, 6) is -0.561. The Balaban J connectivity index is 2.16. The number of rotatable bonds is 7. The highest BCUT2D eigenvalue weighted by Crippen LogP contribution is 2.16. The van der Waals surface area contributed by atoms with Crippen LogP contribution in [0.5, 0.6) is 0 Å². The van der Waals surface area contributed by atoms with Crippen molar-refractivity contribution in [2.24, 2.45) is 0 Å². The monoisotopic (exact) mass is 349 g/mol. The van der Waals surface area contributed by atoms with Crippen molar-refractivity contribution in [1.29, 1.82) is 0 Å². The molecule has 0 aliphatic rings. The maximum atomic E-state index is 12.2. The van der Waals surface area contributed by atoms with Crippen LogP contribution in [0.2, 0.25) is 0 Å². The molecule has 0 aliphatic carbocycles. The normalized spacial score (nSPS) is 11.2. The van der Waals surface area contributed by atoms with Crippen molar-refractivity contribution in [2.45, 2.75) is 24.7 Å². The van der Waals surface area contributed by atoms with E-state index in [0.717, 1.165) is 12.8 Å². The third-order valence-corrected chi connectivity index (χ3v) is 4.62. The Labute approximate surface area is 140 Å². The van der Waals surface area contributed by atoms with Gasteiger partial charge in [-0.1, -0.05) is 19.4 Å². The molecular weight excluding hydrogens is 330 g/mol. The molecule has 1 aromatic heterocycles. The van der Waals surface area contributed by atoms with Gasteiger partial charge in [0.15, 0.2) is 11.5 Å². The van der Waals surface area contributed by atoms with Crippen LogP contribution in [-0.2, 0) is 10.0 Å². The van der Waals surface area contributed by atoms with Crippen LogP contribution in [0.15, 0.2) is 41.6 Å². The third kappa shape index (κ3) is 4.49. The fourth-order valence-corrected chi connectivity index (χ4v) is 3.04. The molecule has 0 atom stereocenters. The van der Waals surface area contributed by atoms with E-state index in [1.807, 2.05) is 6.92 Å². The number of hydrogen-bond donors (Lipinski definition) is 3. The van der Waals surface area contributed by atoms with Gasteiger partial charge in [-0.2, -0.15) is 0 Å². The molecule has 128 valence electrons. The zero-order valence-corrected chi connectivity index (χ0v) is 14.0. The third-order valence-electron chi connectivity index (χ3n) is 3.17. The first-order chi connectivity index (χ1) is 11.4. The molecule has 0 radical (unpaired) electrons. The van der Waals surface area contributed by atoms with E-state index >= 15 is 0 Å². The summed E-state index contributed by atoms with van der Waals surface area (Å²) in [6.45, 7) is 2.34. The van der Waals surface area contributed by atoms with E-state index in [-0.39, 0.29) is 16.4 Å². The van der Waals surface area contributed by atoms with E-state index < -0.39 is 15.9 Å². The molecule has 0 saturated heterocycles. The summed E-state index contributed by atoms with van der Waals surface area (Å²) < 4.78 is 26.9. The van der Waals surface area contributed by atoms with E-state index in [4.69, 9.17) is 5.73 Å². The number of nitrogens with two attached hydrogens (primary N) is 1. The SMILES string of the molecule is CCCCNS(=O)(=O)c1cccc(NC(=O)c2nccnc2N)c1. The Morgan fingerprint density at radius 1 is 1.25 bits per heavy atom. The number of sulfonamides is 1. The zero-order valence-electron chi connectivity index (χ0n) is 13.2. The number of nitrogens with one attached hydrogen (secondary N) is 2. The second-order valence-electron chi connectivity index (χ2n) is 5.02. The lowest BCUT2D eigenvalue weighted by atomic mass is 10.3. The minimum absolute atomic E-state index is 0.00000778. The van der Waals surface area contributed by atoms with E-state index in [9.17, 15) is 13.2 Å². The Kier molecular flexibility index (Phi) is 5.83. The number of benzene rings is 1. The smallest absolute Gasteiger partial charge is 0.278 e. The highest BCUT2D eigenvalue weighted by atomic mass is 32.2. The van der Waals surface area contributed by atoms with Crippen LogP contribution in [0.25, 0.3) is 0 Å². The summed E-state index contributed by atoms with van der Waals surface area (Å²) in [5.41, 5.74) is 5.90. The van der Waals surface area contributed by atoms with Crippen molar-refractivity contribution in [2.75, 3.05) is 17.6 Å². The molecule has 0 spiro atoms. The summed E-state index contributed by atoms with van der Waals surface area (Å²) in [6.07, 6.45) is 4.37. The number of nitrogen functional groups attached to an aromatic ring is 1. The van der Waals surface area contributed by atoms with Crippen LogP contribution in [0.1, 0.15) is 30.3 Å². The average Bonchev–Trinajstić information content (AvgIpc) is 2.55. The van der Waals surface area contributed by atoms with Crippen molar-refractivity contribution in [3.8, 4) is 0 Å². The van der Waals surface area contributed by atoms with Crippen molar-refractivity contribution in [3.05, 3.63) is 42.4 Å². The molecule has 0 aliphatic heterocycles. The molecule has 8 nitrogen and oxygen atoms in total. The average molecular weight is 349 g/mol. The van der Waals surface area contributed by atoms with Crippen LogP contribution in [0, 0.1) is 0 Å². The summed E-state index contributed by atoms with van der Waals surface area (Å²) >= 11 is 0. The number of nitrogens with zero attached hydrogens (tertiary/aromatic N) is 2. The van der Waals surface area contributed by atoms with Gasteiger partial charge in [-0.25, -0.2) is 23.1 Å². The number of anilines is 2. The van der Waals surface area contributed by atoms with E-state index in [1.165, 1.54) is 24.5 Å². The highest BCUT2D eigenvalue weighted by Gasteiger charge is 2.16. The van der Waals surface area contributed by atoms with Crippen LogP contribution in [0.4, 0.5) is 11.5 Å². The van der Waals surface area contributed by atoms with Crippen LogP contribution < -0.4 is 15.8 Å². The molecule has 0 unspecified atom stereocenters. The number of aromatic nitrogens is 2. The molecule has 9 heteroatoms. The summed E-state index contributed by atoms with van der Waals surface area (Å²) in [7, 11) is -3.62. The largest absolute Gasteiger partial charge is 0.382 e. The predicted octanol–water partition coefficient (Wildman–Crippen LogP) is 1.39. The molecule has 0 saturated carbocycles. The lowest BCUT2D eigenvalue weighted by Crippen LogP contribution is -2.25. The predicted molar refractivity (Wildman–Crippen MR) is 90.9 cm³/mol. The molecule has 0 fully saturated rings. The van der Waals surface area contributed by atoms with E-state index in [1.54, 1.807) is 12.1 Å². The summed E-state index contributed by atoms with van der Waals surface area (Å²) in [5, 5.41) is 2.57. The van der Waals surface area contributed by atoms with E-state index in [2.05, 4.69) is 20.0 Å². The van der Waals surface area contributed by atoms with Crippen molar-refractivity contribution < 1.29 is 13.2 Å². The van der Waals surface area contributed by atoms with Crippen molar-refractivity contribution in [3.63, 3.8) is 0 Å². The van der Waals surface area contributed by atoms with Gasteiger partial charge in [0, 0.05) is 24.6 Å². The van der Waals surface area contributed by atoms with Crippen molar-refractivity contribution in [1.82, 2.24) is 14.7 Å². The maximum absolute atomic E-state index is 12.2.